The molecule has 2 rings (SSSR count). The predicted octanol–water partition coefficient (Wildman–Crippen LogP) is 2.76. The van der Waals surface area contributed by atoms with E-state index in [2.05, 4.69) is 24.0 Å². The Morgan fingerprint density at radius 3 is 2.44 bits per heavy atom. The molecule has 0 radical (unpaired) electrons. The van der Waals surface area contributed by atoms with Crippen LogP contribution in [-0.2, 0) is 10.3 Å². The Hall–Kier alpha value is -1.57. The van der Waals surface area contributed by atoms with Crippen LogP contribution in [-0.4, -0.2) is 5.91 Å². The fourth-order valence-corrected chi connectivity index (χ4v) is 2.51. The van der Waals surface area contributed by atoms with E-state index < -0.39 is 0 Å². The van der Waals surface area contributed by atoms with Crippen LogP contribution in [0, 0.1) is 0 Å². The number of benzene rings is 1. The van der Waals surface area contributed by atoms with Crippen LogP contribution in [0.15, 0.2) is 43.0 Å². The number of amides is 1. The van der Waals surface area contributed by atoms with E-state index in [1.54, 1.807) is 0 Å². The lowest BCUT2D eigenvalue weighted by atomic mass is 9.88. The summed E-state index contributed by atoms with van der Waals surface area (Å²) in [6, 6.07) is 10.2. The molecule has 1 aliphatic carbocycles. The molecule has 84 valence electrons. The molecular formula is C14H17NO. The second kappa shape index (κ2) is 4.52. The van der Waals surface area contributed by atoms with Crippen molar-refractivity contribution >= 4 is 5.91 Å². The van der Waals surface area contributed by atoms with Gasteiger partial charge in [0.25, 0.3) is 0 Å². The second-order valence-electron chi connectivity index (χ2n) is 4.35. The normalized spacial score (nSPS) is 18.0. The van der Waals surface area contributed by atoms with Crippen molar-refractivity contribution in [3.63, 3.8) is 0 Å². The summed E-state index contributed by atoms with van der Waals surface area (Å²) in [6.45, 7) is 3.52. The largest absolute Gasteiger partial charge is 0.343 e. The minimum atomic E-state index is -0.160. The van der Waals surface area contributed by atoms with Gasteiger partial charge in [0.1, 0.15) is 0 Å². The van der Waals surface area contributed by atoms with Crippen LogP contribution in [0.2, 0.25) is 0 Å². The fourth-order valence-electron chi connectivity index (χ4n) is 2.51. The lowest BCUT2D eigenvalue weighted by molar-refractivity contribution is -0.118. The third kappa shape index (κ3) is 2.01. The quantitative estimate of drug-likeness (QED) is 0.772. The van der Waals surface area contributed by atoms with Crippen LogP contribution in [0.4, 0.5) is 0 Å². The standard InChI is InChI=1S/C14H17NO/c1-2-13(16)15-14(10-6-7-11-14)12-8-4-3-5-9-12/h2-5,8-9H,1,6-7,10-11H2,(H,15,16). The Bertz CT molecular complexity index is 377. The number of rotatable bonds is 3. The molecule has 0 saturated heterocycles. The van der Waals surface area contributed by atoms with Crippen molar-refractivity contribution in [3.8, 4) is 0 Å². The Balaban J connectivity index is 2.29. The molecule has 0 aromatic heterocycles. The second-order valence-corrected chi connectivity index (χ2v) is 4.35. The monoisotopic (exact) mass is 215 g/mol. The van der Waals surface area contributed by atoms with E-state index in [1.807, 2.05) is 18.2 Å². The van der Waals surface area contributed by atoms with Gasteiger partial charge in [0.2, 0.25) is 5.91 Å². The smallest absolute Gasteiger partial charge is 0.244 e. The molecular weight excluding hydrogens is 198 g/mol. The summed E-state index contributed by atoms with van der Waals surface area (Å²) in [5.74, 6) is -0.0780. The van der Waals surface area contributed by atoms with E-state index in [4.69, 9.17) is 0 Å². The molecule has 0 unspecified atom stereocenters. The first-order chi connectivity index (χ1) is 7.77. The number of carbonyl (C=O) groups excluding carboxylic acids is 1. The molecule has 1 aromatic carbocycles. The van der Waals surface area contributed by atoms with Gasteiger partial charge in [-0.3, -0.25) is 4.79 Å². The minimum absolute atomic E-state index is 0.0780. The van der Waals surface area contributed by atoms with E-state index in [1.165, 1.54) is 24.5 Å². The molecule has 1 N–H and O–H groups in total. The van der Waals surface area contributed by atoms with Gasteiger partial charge in [-0.05, 0) is 24.5 Å². The maximum atomic E-state index is 11.5. The molecule has 16 heavy (non-hydrogen) atoms. The molecule has 0 atom stereocenters. The van der Waals surface area contributed by atoms with Crippen molar-refractivity contribution in [1.82, 2.24) is 5.32 Å². The van der Waals surface area contributed by atoms with Gasteiger partial charge in [-0.25, -0.2) is 0 Å². The molecule has 1 aliphatic rings. The zero-order valence-corrected chi connectivity index (χ0v) is 9.41. The molecule has 0 spiro atoms. The summed E-state index contributed by atoms with van der Waals surface area (Å²) in [5.41, 5.74) is 1.05. The summed E-state index contributed by atoms with van der Waals surface area (Å²) < 4.78 is 0. The topological polar surface area (TPSA) is 29.1 Å². The van der Waals surface area contributed by atoms with Crippen molar-refractivity contribution in [2.75, 3.05) is 0 Å². The lowest BCUT2D eigenvalue weighted by Gasteiger charge is -2.30. The molecule has 0 bridgehead atoms. The van der Waals surface area contributed by atoms with Crippen LogP contribution in [0.5, 0.6) is 0 Å². The first-order valence-corrected chi connectivity index (χ1v) is 5.77. The third-order valence-electron chi connectivity index (χ3n) is 3.33. The minimum Gasteiger partial charge on any atom is -0.343 e. The average Bonchev–Trinajstić information content (AvgIpc) is 2.80. The van der Waals surface area contributed by atoms with Crippen molar-refractivity contribution in [2.45, 2.75) is 31.2 Å². The summed E-state index contributed by atoms with van der Waals surface area (Å²) in [5, 5.41) is 3.10. The lowest BCUT2D eigenvalue weighted by Crippen LogP contribution is -2.42. The summed E-state index contributed by atoms with van der Waals surface area (Å²) >= 11 is 0. The molecule has 1 amide bonds. The first-order valence-electron chi connectivity index (χ1n) is 5.77. The van der Waals surface area contributed by atoms with Gasteiger partial charge < -0.3 is 5.32 Å². The molecule has 0 heterocycles. The van der Waals surface area contributed by atoms with E-state index in [0.717, 1.165) is 12.8 Å². The Kier molecular flexibility index (Phi) is 3.09. The van der Waals surface area contributed by atoms with Crippen LogP contribution in [0.25, 0.3) is 0 Å². The highest BCUT2D eigenvalue weighted by molar-refractivity contribution is 5.87. The third-order valence-corrected chi connectivity index (χ3v) is 3.33. The molecule has 1 aromatic rings. The van der Waals surface area contributed by atoms with Crippen LogP contribution in [0.3, 0.4) is 0 Å². The van der Waals surface area contributed by atoms with E-state index in [0.29, 0.717) is 0 Å². The Morgan fingerprint density at radius 1 is 1.25 bits per heavy atom. The van der Waals surface area contributed by atoms with E-state index in [9.17, 15) is 4.79 Å². The maximum Gasteiger partial charge on any atom is 0.244 e. The van der Waals surface area contributed by atoms with Gasteiger partial charge in [-0.2, -0.15) is 0 Å². The SMILES string of the molecule is C=CC(=O)NC1(c2ccccc2)CCCC1. The van der Waals surface area contributed by atoms with Gasteiger partial charge in [0, 0.05) is 0 Å². The zero-order valence-electron chi connectivity index (χ0n) is 9.41. The summed E-state index contributed by atoms with van der Waals surface area (Å²) in [4.78, 5) is 11.5. The number of nitrogens with one attached hydrogen (secondary N) is 1. The Morgan fingerprint density at radius 2 is 1.88 bits per heavy atom. The molecule has 1 saturated carbocycles. The zero-order chi connectivity index (χ0) is 11.4. The van der Waals surface area contributed by atoms with Crippen molar-refractivity contribution < 1.29 is 4.79 Å². The average molecular weight is 215 g/mol. The fraction of sp³-hybridized carbons (Fsp3) is 0.357. The summed E-state index contributed by atoms with van der Waals surface area (Å²) in [7, 11) is 0. The number of hydrogen-bond acceptors (Lipinski definition) is 1. The first kappa shape index (κ1) is 10.9. The van der Waals surface area contributed by atoms with Crippen LogP contribution >= 0.6 is 0 Å². The van der Waals surface area contributed by atoms with E-state index in [-0.39, 0.29) is 11.4 Å². The molecule has 2 heteroatoms. The van der Waals surface area contributed by atoms with Gasteiger partial charge in [0.15, 0.2) is 0 Å². The Labute approximate surface area is 96.4 Å². The van der Waals surface area contributed by atoms with Gasteiger partial charge in [0.05, 0.1) is 5.54 Å². The highest BCUT2D eigenvalue weighted by Gasteiger charge is 2.36. The molecule has 1 fully saturated rings. The van der Waals surface area contributed by atoms with Crippen LogP contribution < -0.4 is 5.32 Å². The van der Waals surface area contributed by atoms with E-state index >= 15 is 0 Å². The maximum absolute atomic E-state index is 11.5. The predicted molar refractivity (Wildman–Crippen MR) is 64.9 cm³/mol. The van der Waals surface area contributed by atoms with Crippen molar-refractivity contribution in [2.24, 2.45) is 0 Å². The molecule has 0 aliphatic heterocycles. The number of hydrogen-bond donors (Lipinski definition) is 1. The number of carbonyl (C=O) groups is 1. The summed E-state index contributed by atoms with van der Waals surface area (Å²) in [6.07, 6.45) is 5.74. The van der Waals surface area contributed by atoms with Gasteiger partial charge in [-0.1, -0.05) is 49.8 Å². The highest BCUT2D eigenvalue weighted by Crippen LogP contribution is 2.38. The van der Waals surface area contributed by atoms with Crippen molar-refractivity contribution in [1.29, 1.82) is 0 Å². The van der Waals surface area contributed by atoms with Gasteiger partial charge >= 0.3 is 0 Å². The highest BCUT2D eigenvalue weighted by atomic mass is 16.1. The van der Waals surface area contributed by atoms with Crippen LogP contribution in [0.1, 0.15) is 31.2 Å². The van der Waals surface area contributed by atoms with Crippen molar-refractivity contribution in [3.05, 3.63) is 48.6 Å². The molecule has 2 nitrogen and oxygen atoms in total. The van der Waals surface area contributed by atoms with Gasteiger partial charge in [-0.15, -0.1) is 0 Å².